The number of aromatic nitrogens is 3. The third kappa shape index (κ3) is 3.25. The lowest BCUT2D eigenvalue weighted by Crippen LogP contribution is -2.51. The lowest BCUT2D eigenvalue weighted by molar-refractivity contribution is -0.128. The van der Waals surface area contributed by atoms with Gasteiger partial charge in [0.25, 0.3) is 0 Å². The predicted octanol–water partition coefficient (Wildman–Crippen LogP) is 0.628. The molecule has 0 bridgehead atoms. The van der Waals surface area contributed by atoms with Gasteiger partial charge < -0.3 is 5.32 Å². The fourth-order valence-corrected chi connectivity index (χ4v) is 4.26. The molecule has 2 N–H and O–H groups in total. The molecule has 0 aromatic carbocycles. The molecule has 2 aliphatic rings. The minimum Gasteiger partial charge on any atom is -0.353 e. The van der Waals surface area contributed by atoms with E-state index >= 15 is 0 Å². The standard InChI is InChI=1S/C13H21N5O2S/c1-21(14,20)12-6-10(7-12)13(19)16-11-4-9(5-11)8-18-3-2-15-17-18/h2-3,9-12,14H,4-8H2,1H3,(H,16,19). The molecule has 2 aliphatic carbocycles. The molecular formula is C13H21N5O2S. The highest BCUT2D eigenvalue weighted by molar-refractivity contribution is 7.92. The smallest absolute Gasteiger partial charge is 0.223 e. The van der Waals surface area contributed by atoms with Crippen molar-refractivity contribution in [1.82, 2.24) is 20.3 Å². The summed E-state index contributed by atoms with van der Waals surface area (Å²) in [5.74, 6) is 0.573. The molecule has 0 saturated heterocycles. The molecule has 3 rings (SSSR count). The Morgan fingerprint density at radius 2 is 2.14 bits per heavy atom. The van der Waals surface area contributed by atoms with Crippen LogP contribution in [0.2, 0.25) is 0 Å². The summed E-state index contributed by atoms with van der Waals surface area (Å²) >= 11 is 0. The summed E-state index contributed by atoms with van der Waals surface area (Å²) in [6.45, 7) is 0.856. The van der Waals surface area contributed by atoms with E-state index in [0.29, 0.717) is 18.8 Å². The zero-order chi connectivity index (χ0) is 15.0. The van der Waals surface area contributed by atoms with Crippen molar-refractivity contribution in [2.24, 2.45) is 11.8 Å². The van der Waals surface area contributed by atoms with Crippen molar-refractivity contribution < 1.29 is 9.00 Å². The highest BCUT2D eigenvalue weighted by atomic mass is 32.2. The van der Waals surface area contributed by atoms with Gasteiger partial charge in [-0.1, -0.05) is 5.21 Å². The van der Waals surface area contributed by atoms with E-state index in [1.807, 2.05) is 10.9 Å². The summed E-state index contributed by atoms with van der Waals surface area (Å²) in [6.07, 6.45) is 8.13. The zero-order valence-corrected chi connectivity index (χ0v) is 12.9. The number of amides is 1. The van der Waals surface area contributed by atoms with Gasteiger partial charge in [-0.15, -0.1) is 5.10 Å². The van der Waals surface area contributed by atoms with Gasteiger partial charge in [-0.05, 0) is 31.6 Å². The number of nitrogens with one attached hydrogen (secondary N) is 2. The van der Waals surface area contributed by atoms with E-state index in [0.717, 1.165) is 19.4 Å². The molecule has 1 aromatic heterocycles. The first kappa shape index (κ1) is 14.5. The summed E-state index contributed by atoms with van der Waals surface area (Å²) in [4.78, 5) is 12.0. The monoisotopic (exact) mass is 311 g/mol. The Labute approximate surface area is 124 Å². The number of hydrogen-bond acceptors (Lipinski definition) is 5. The average Bonchev–Trinajstić information content (AvgIpc) is 2.74. The molecule has 116 valence electrons. The lowest BCUT2D eigenvalue weighted by Gasteiger charge is -2.39. The maximum absolute atomic E-state index is 12.0. The Hall–Kier alpha value is -1.44. The molecule has 1 aromatic rings. The largest absolute Gasteiger partial charge is 0.353 e. The van der Waals surface area contributed by atoms with Crippen LogP contribution in [0.5, 0.6) is 0 Å². The molecule has 7 nitrogen and oxygen atoms in total. The summed E-state index contributed by atoms with van der Waals surface area (Å²) in [5, 5.41) is 10.7. The molecule has 1 atom stereocenters. The molecule has 0 radical (unpaired) electrons. The summed E-state index contributed by atoms with van der Waals surface area (Å²) in [7, 11) is -2.49. The van der Waals surface area contributed by atoms with E-state index in [9.17, 15) is 9.00 Å². The first-order valence-electron chi connectivity index (χ1n) is 7.29. The van der Waals surface area contributed by atoms with Crippen molar-refractivity contribution in [2.75, 3.05) is 6.26 Å². The Balaban J connectivity index is 1.37. The zero-order valence-electron chi connectivity index (χ0n) is 12.1. The molecule has 0 aliphatic heterocycles. The van der Waals surface area contributed by atoms with Crippen LogP contribution in [0.4, 0.5) is 0 Å². The topological polar surface area (TPSA) is 101 Å². The van der Waals surface area contributed by atoms with Gasteiger partial charge in [-0.3, -0.25) is 14.3 Å². The van der Waals surface area contributed by atoms with E-state index in [1.165, 1.54) is 6.26 Å². The second-order valence-electron chi connectivity index (χ2n) is 6.36. The van der Waals surface area contributed by atoms with Gasteiger partial charge in [0.15, 0.2) is 0 Å². The third-order valence-electron chi connectivity index (χ3n) is 4.60. The van der Waals surface area contributed by atoms with E-state index in [1.54, 1.807) is 6.20 Å². The fourth-order valence-electron chi connectivity index (χ4n) is 3.06. The SMILES string of the molecule is CS(=N)(=O)C1CC(C(=O)NC2CC(Cn3ccnn3)C2)C1. The molecule has 21 heavy (non-hydrogen) atoms. The van der Waals surface area contributed by atoms with Crippen LogP contribution in [0, 0.1) is 16.6 Å². The second-order valence-corrected chi connectivity index (χ2v) is 8.84. The van der Waals surface area contributed by atoms with Crippen LogP contribution in [0.3, 0.4) is 0 Å². The van der Waals surface area contributed by atoms with E-state index in [4.69, 9.17) is 4.78 Å². The Kier molecular flexibility index (Phi) is 3.73. The fraction of sp³-hybridized carbons (Fsp3) is 0.769. The first-order valence-corrected chi connectivity index (χ1v) is 9.32. The van der Waals surface area contributed by atoms with E-state index in [2.05, 4.69) is 15.6 Å². The minimum atomic E-state index is -2.49. The Bertz CT molecular complexity index is 601. The molecule has 8 heteroatoms. The van der Waals surface area contributed by atoms with Crippen molar-refractivity contribution in [3.63, 3.8) is 0 Å². The minimum absolute atomic E-state index is 0.0458. The second kappa shape index (κ2) is 5.40. The van der Waals surface area contributed by atoms with Crippen LogP contribution < -0.4 is 5.32 Å². The van der Waals surface area contributed by atoms with Crippen molar-refractivity contribution in [3.05, 3.63) is 12.4 Å². The first-order chi connectivity index (χ1) is 9.91. The van der Waals surface area contributed by atoms with Crippen LogP contribution in [-0.4, -0.2) is 42.7 Å². The van der Waals surface area contributed by atoms with Gasteiger partial charge in [-0.2, -0.15) is 0 Å². The van der Waals surface area contributed by atoms with Gasteiger partial charge in [0.2, 0.25) is 5.91 Å². The van der Waals surface area contributed by atoms with Crippen molar-refractivity contribution in [1.29, 1.82) is 4.78 Å². The molecule has 1 unspecified atom stereocenters. The third-order valence-corrected chi connectivity index (χ3v) is 6.26. The van der Waals surface area contributed by atoms with Gasteiger partial charge in [0, 0.05) is 45.9 Å². The maximum Gasteiger partial charge on any atom is 0.223 e. The van der Waals surface area contributed by atoms with E-state index < -0.39 is 9.73 Å². The number of carbonyl (C=O) groups excluding carboxylic acids is 1. The number of carbonyl (C=O) groups is 1. The molecule has 0 spiro atoms. The Morgan fingerprint density at radius 3 is 2.71 bits per heavy atom. The van der Waals surface area contributed by atoms with Crippen LogP contribution in [-0.2, 0) is 21.1 Å². The van der Waals surface area contributed by atoms with Crippen molar-refractivity contribution in [2.45, 2.75) is 43.5 Å². The number of rotatable bonds is 5. The van der Waals surface area contributed by atoms with Gasteiger partial charge in [-0.25, -0.2) is 4.21 Å². The molecule has 2 saturated carbocycles. The normalized spacial score (nSPS) is 34.3. The van der Waals surface area contributed by atoms with Crippen molar-refractivity contribution in [3.8, 4) is 0 Å². The highest BCUT2D eigenvalue weighted by Crippen LogP contribution is 2.34. The summed E-state index contributed by atoms with van der Waals surface area (Å²) in [5.41, 5.74) is 0. The lowest BCUT2D eigenvalue weighted by atomic mass is 9.78. The quantitative estimate of drug-likeness (QED) is 0.832. The molecule has 2 fully saturated rings. The molecule has 1 amide bonds. The van der Waals surface area contributed by atoms with Crippen LogP contribution in [0.15, 0.2) is 12.4 Å². The Morgan fingerprint density at radius 1 is 1.43 bits per heavy atom. The van der Waals surface area contributed by atoms with Gasteiger partial charge >= 0.3 is 0 Å². The van der Waals surface area contributed by atoms with Crippen LogP contribution in [0.25, 0.3) is 0 Å². The maximum atomic E-state index is 12.0. The number of hydrogen-bond donors (Lipinski definition) is 2. The van der Waals surface area contributed by atoms with Gasteiger partial charge in [0.05, 0.1) is 6.20 Å². The summed E-state index contributed by atoms with van der Waals surface area (Å²) < 4.78 is 20.9. The molecule has 1 heterocycles. The van der Waals surface area contributed by atoms with Crippen LogP contribution in [0.1, 0.15) is 25.7 Å². The molecular weight excluding hydrogens is 290 g/mol. The summed E-state index contributed by atoms with van der Waals surface area (Å²) in [6, 6.07) is 0.257. The highest BCUT2D eigenvalue weighted by Gasteiger charge is 2.40. The predicted molar refractivity (Wildman–Crippen MR) is 78.0 cm³/mol. The van der Waals surface area contributed by atoms with Crippen molar-refractivity contribution >= 4 is 15.6 Å². The van der Waals surface area contributed by atoms with Gasteiger partial charge in [0.1, 0.15) is 0 Å². The van der Waals surface area contributed by atoms with E-state index in [-0.39, 0.29) is 23.1 Å². The number of nitrogens with zero attached hydrogens (tertiary/aromatic N) is 3. The van der Waals surface area contributed by atoms with Crippen LogP contribution >= 0.6 is 0 Å². The average molecular weight is 311 g/mol.